The zero-order valence-corrected chi connectivity index (χ0v) is 11.2. The molecule has 0 aliphatic carbocycles. The first-order valence-corrected chi connectivity index (χ1v) is 6.54. The fourth-order valence-corrected chi connectivity index (χ4v) is 2.48. The Morgan fingerprint density at radius 1 is 1.44 bits per heavy atom. The number of thiazole rings is 1. The van der Waals surface area contributed by atoms with E-state index in [0.717, 1.165) is 11.1 Å². The van der Waals surface area contributed by atoms with Gasteiger partial charge in [0.2, 0.25) is 0 Å². The van der Waals surface area contributed by atoms with Crippen molar-refractivity contribution in [3.63, 3.8) is 0 Å². The zero-order valence-electron chi connectivity index (χ0n) is 9.58. The molecule has 1 aromatic heterocycles. The predicted octanol–water partition coefficient (Wildman–Crippen LogP) is 3.93. The second-order valence-corrected chi connectivity index (χ2v) is 5.57. The van der Waals surface area contributed by atoms with Crippen molar-refractivity contribution in [3.8, 4) is 0 Å². The van der Waals surface area contributed by atoms with Crippen LogP contribution in [0.5, 0.6) is 0 Å². The monoisotopic (exact) mass is 288 g/mol. The van der Waals surface area contributed by atoms with E-state index in [2.05, 4.69) is 10.3 Å². The second kappa shape index (κ2) is 5.73. The van der Waals surface area contributed by atoms with Gasteiger partial charge in [-0.3, -0.25) is 0 Å². The van der Waals surface area contributed by atoms with Crippen molar-refractivity contribution >= 4 is 22.9 Å². The van der Waals surface area contributed by atoms with Crippen LogP contribution in [0.2, 0.25) is 4.34 Å². The highest BCUT2D eigenvalue weighted by Crippen LogP contribution is 2.21. The summed E-state index contributed by atoms with van der Waals surface area (Å²) in [7, 11) is 0. The molecule has 1 atom stereocenters. The van der Waals surface area contributed by atoms with Gasteiger partial charge in [-0.25, -0.2) is 13.8 Å². The predicted molar refractivity (Wildman–Crippen MR) is 68.7 cm³/mol. The minimum atomic E-state index is -0.574. The molecule has 18 heavy (non-hydrogen) atoms. The van der Waals surface area contributed by atoms with Crippen molar-refractivity contribution < 1.29 is 8.78 Å². The third-order valence-electron chi connectivity index (χ3n) is 2.51. The molecule has 1 heterocycles. The highest BCUT2D eigenvalue weighted by Gasteiger charge is 2.11. The Bertz CT molecular complexity index is 545. The summed E-state index contributed by atoms with van der Waals surface area (Å²) in [5.41, 5.74) is 0.430. The molecule has 0 saturated heterocycles. The lowest BCUT2D eigenvalue weighted by Crippen LogP contribution is -2.19. The van der Waals surface area contributed by atoms with Crippen LogP contribution in [-0.4, -0.2) is 4.98 Å². The van der Waals surface area contributed by atoms with Gasteiger partial charge in [0.05, 0.1) is 6.20 Å². The van der Waals surface area contributed by atoms with E-state index >= 15 is 0 Å². The van der Waals surface area contributed by atoms with Crippen molar-refractivity contribution in [2.24, 2.45) is 0 Å². The molecule has 0 saturated carbocycles. The number of nitrogens with zero attached hydrogens (tertiary/aromatic N) is 1. The van der Waals surface area contributed by atoms with Gasteiger partial charge >= 0.3 is 0 Å². The van der Waals surface area contributed by atoms with E-state index in [0.29, 0.717) is 16.4 Å². The molecule has 96 valence electrons. The lowest BCUT2D eigenvalue weighted by atomic mass is 10.1. The average molecular weight is 289 g/mol. The summed E-state index contributed by atoms with van der Waals surface area (Å²) in [6.45, 7) is 2.31. The summed E-state index contributed by atoms with van der Waals surface area (Å²) < 4.78 is 26.9. The van der Waals surface area contributed by atoms with Crippen LogP contribution in [0, 0.1) is 11.6 Å². The van der Waals surface area contributed by atoms with Crippen molar-refractivity contribution in [2.75, 3.05) is 0 Å². The number of benzene rings is 1. The first-order valence-electron chi connectivity index (χ1n) is 5.35. The Labute approximate surface area is 113 Å². The molecule has 1 aromatic carbocycles. The van der Waals surface area contributed by atoms with Gasteiger partial charge in [-0.15, -0.1) is 11.3 Å². The number of nitrogens with one attached hydrogen (secondary N) is 1. The maximum atomic E-state index is 13.5. The summed E-state index contributed by atoms with van der Waals surface area (Å²) in [5.74, 6) is -1.12. The quantitative estimate of drug-likeness (QED) is 0.922. The van der Waals surface area contributed by atoms with E-state index in [1.807, 2.05) is 6.92 Å². The molecular weight excluding hydrogens is 278 g/mol. The molecule has 0 amide bonds. The maximum absolute atomic E-state index is 13.5. The molecule has 0 aliphatic heterocycles. The van der Waals surface area contributed by atoms with Gasteiger partial charge < -0.3 is 5.32 Å². The van der Waals surface area contributed by atoms with E-state index in [4.69, 9.17) is 11.6 Å². The Morgan fingerprint density at radius 2 is 2.22 bits per heavy atom. The van der Waals surface area contributed by atoms with Crippen LogP contribution in [0.25, 0.3) is 0 Å². The van der Waals surface area contributed by atoms with Crippen LogP contribution in [-0.2, 0) is 6.54 Å². The van der Waals surface area contributed by atoms with Crippen molar-refractivity contribution in [3.05, 3.63) is 50.9 Å². The number of hydrogen-bond donors (Lipinski definition) is 1. The summed E-state index contributed by atoms with van der Waals surface area (Å²) in [4.78, 5) is 4.09. The first-order chi connectivity index (χ1) is 8.56. The largest absolute Gasteiger partial charge is 0.304 e. The van der Waals surface area contributed by atoms with Gasteiger partial charge in [0.1, 0.15) is 21.0 Å². The van der Waals surface area contributed by atoms with Crippen molar-refractivity contribution in [1.29, 1.82) is 0 Å². The molecule has 2 nitrogen and oxygen atoms in total. The molecule has 2 aromatic rings. The van der Waals surface area contributed by atoms with E-state index < -0.39 is 11.6 Å². The average Bonchev–Trinajstić information content (AvgIpc) is 2.72. The molecule has 0 aliphatic rings. The minimum Gasteiger partial charge on any atom is -0.304 e. The van der Waals surface area contributed by atoms with Crippen molar-refractivity contribution in [1.82, 2.24) is 10.3 Å². The van der Waals surface area contributed by atoms with Gasteiger partial charge in [-0.2, -0.15) is 0 Å². The Morgan fingerprint density at radius 3 is 2.83 bits per heavy atom. The molecule has 0 bridgehead atoms. The summed E-state index contributed by atoms with van der Waals surface area (Å²) in [5, 5.41) is 3.94. The van der Waals surface area contributed by atoms with Gasteiger partial charge in [-0.05, 0) is 13.0 Å². The van der Waals surface area contributed by atoms with Gasteiger partial charge in [0.15, 0.2) is 0 Å². The molecule has 1 unspecified atom stereocenters. The molecule has 0 spiro atoms. The van der Waals surface area contributed by atoms with Crippen LogP contribution in [0.15, 0.2) is 24.4 Å². The Kier molecular flexibility index (Phi) is 4.27. The fourth-order valence-electron chi connectivity index (χ4n) is 1.57. The van der Waals surface area contributed by atoms with Crippen LogP contribution in [0.1, 0.15) is 23.5 Å². The molecule has 2 rings (SSSR count). The van der Waals surface area contributed by atoms with Gasteiger partial charge in [0.25, 0.3) is 0 Å². The smallest absolute Gasteiger partial charge is 0.130 e. The lowest BCUT2D eigenvalue weighted by molar-refractivity contribution is 0.517. The molecule has 0 radical (unpaired) electrons. The normalized spacial score (nSPS) is 12.7. The van der Waals surface area contributed by atoms with Crippen LogP contribution < -0.4 is 5.32 Å². The molecule has 1 N–H and O–H groups in total. The number of hydrogen-bond acceptors (Lipinski definition) is 3. The van der Waals surface area contributed by atoms with Crippen LogP contribution >= 0.6 is 22.9 Å². The lowest BCUT2D eigenvalue weighted by Gasteiger charge is -2.14. The first kappa shape index (κ1) is 13.4. The molecule has 0 fully saturated rings. The van der Waals surface area contributed by atoms with Crippen LogP contribution in [0.3, 0.4) is 0 Å². The summed E-state index contributed by atoms with van der Waals surface area (Å²) >= 11 is 7.13. The third kappa shape index (κ3) is 3.25. The van der Waals surface area contributed by atoms with E-state index in [9.17, 15) is 8.78 Å². The number of aromatic nitrogens is 1. The Hall–Kier alpha value is -1.04. The van der Waals surface area contributed by atoms with Crippen LogP contribution in [0.4, 0.5) is 8.78 Å². The van der Waals surface area contributed by atoms with E-state index in [1.165, 1.54) is 23.5 Å². The number of rotatable bonds is 4. The standard InChI is InChI=1S/C12H11ClF2N2S/c1-7(9-3-2-8(14)4-10(9)15)16-6-12-17-5-11(13)18-12/h2-5,7,16H,6H2,1H3. The highest BCUT2D eigenvalue weighted by atomic mass is 35.5. The van der Waals surface area contributed by atoms with E-state index in [1.54, 1.807) is 6.20 Å². The topological polar surface area (TPSA) is 24.9 Å². The van der Waals surface area contributed by atoms with Crippen molar-refractivity contribution in [2.45, 2.75) is 19.5 Å². The van der Waals surface area contributed by atoms with Gasteiger partial charge in [0, 0.05) is 24.2 Å². The summed E-state index contributed by atoms with van der Waals surface area (Å²) in [6, 6.07) is 3.34. The minimum absolute atomic E-state index is 0.228. The number of halogens is 3. The van der Waals surface area contributed by atoms with Gasteiger partial charge in [-0.1, -0.05) is 17.7 Å². The highest BCUT2D eigenvalue weighted by molar-refractivity contribution is 7.15. The Balaban J connectivity index is 2.01. The third-order valence-corrected chi connectivity index (χ3v) is 3.63. The van der Waals surface area contributed by atoms with E-state index in [-0.39, 0.29) is 6.04 Å². The zero-order chi connectivity index (χ0) is 13.1. The SMILES string of the molecule is CC(NCc1ncc(Cl)s1)c1ccc(F)cc1F. The fraction of sp³-hybridized carbons (Fsp3) is 0.250. The molecule has 6 heteroatoms. The summed E-state index contributed by atoms with van der Waals surface area (Å²) in [6.07, 6.45) is 1.58. The second-order valence-electron chi connectivity index (χ2n) is 3.83. The molecular formula is C12H11ClF2N2S. The maximum Gasteiger partial charge on any atom is 0.130 e.